The first kappa shape index (κ1) is 24.1. The number of halogens is 1. The molecule has 8 heteroatoms. The molecular formula is C30H29FN6O. The van der Waals surface area contributed by atoms with E-state index in [-0.39, 0.29) is 5.82 Å². The zero-order valence-corrected chi connectivity index (χ0v) is 21.3. The SMILES string of the molecule is CN(CCc1ccccc1)c1ncc(CN2CC=C(c3ccc(F)cc3)CC2)c2nc(-c3ccco3)nn12. The van der Waals surface area contributed by atoms with Crippen LogP contribution in [0.25, 0.3) is 22.8 Å². The Bertz CT molecular complexity index is 1540. The smallest absolute Gasteiger partial charge is 0.228 e. The van der Waals surface area contributed by atoms with Crippen LogP contribution in [0.3, 0.4) is 0 Å². The van der Waals surface area contributed by atoms with Crippen LogP contribution in [0.5, 0.6) is 0 Å². The van der Waals surface area contributed by atoms with Crippen molar-refractivity contribution in [3.8, 4) is 11.6 Å². The Hall–Kier alpha value is -4.30. The third kappa shape index (κ3) is 5.08. The van der Waals surface area contributed by atoms with Crippen molar-refractivity contribution < 1.29 is 8.81 Å². The summed E-state index contributed by atoms with van der Waals surface area (Å²) < 4.78 is 20.7. The maximum absolute atomic E-state index is 13.3. The summed E-state index contributed by atoms with van der Waals surface area (Å²) in [6.45, 7) is 3.20. The van der Waals surface area contributed by atoms with Crippen molar-refractivity contribution >= 4 is 17.2 Å². The van der Waals surface area contributed by atoms with E-state index >= 15 is 0 Å². The third-order valence-corrected chi connectivity index (χ3v) is 6.98. The molecule has 0 bridgehead atoms. The fraction of sp³-hybridized carbons (Fsp3) is 0.233. The van der Waals surface area contributed by atoms with Crippen molar-refractivity contribution in [2.45, 2.75) is 19.4 Å². The van der Waals surface area contributed by atoms with E-state index in [1.54, 1.807) is 6.26 Å². The molecule has 3 aromatic heterocycles. The Morgan fingerprint density at radius 2 is 1.87 bits per heavy atom. The van der Waals surface area contributed by atoms with E-state index in [2.05, 4.69) is 40.1 Å². The van der Waals surface area contributed by atoms with Gasteiger partial charge in [0, 0.05) is 45.0 Å². The molecule has 4 heterocycles. The summed E-state index contributed by atoms with van der Waals surface area (Å²) in [6.07, 6.45) is 7.58. The van der Waals surface area contributed by atoms with Crippen LogP contribution in [0.4, 0.5) is 10.3 Å². The average Bonchev–Trinajstić information content (AvgIpc) is 3.64. The Morgan fingerprint density at radius 3 is 2.61 bits per heavy atom. The molecule has 192 valence electrons. The van der Waals surface area contributed by atoms with Gasteiger partial charge in [0.25, 0.3) is 0 Å². The maximum atomic E-state index is 13.3. The normalized spacial score (nSPS) is 14.1. The maximum Gasteiger partial charge on any atom is 0.228 e. The number of likely N-dealkylation sites (N-methyl/N-ethyl adjacent to an activating group) is 1. The van der Waals surface area contributed by atoms with Gasteiger partial charge in [-0.15, -0.1) is 5.10 Å². The zero-order valence-electron chi connectivity index (χ0n) is 21.3. The van der Waals surface area contributed by atoms with Crippen LogP contribution in [0.15, 0.2) is 89.7 Å². The van der Waals surface area contributed by atoms with Crippen LogP contribution in [0.2, 0.25) is 0 Å². The molecule has 0 saturated carbocycles. The second kappa shape index (κ2) is 10.6. The van der Waals surface area contributed by atoms with Crippen molar-refractivity contribution in [2.75, 3.05) is 31.6 Å². The molecule has 5 aromatic rings. The van der Waals surface area contributed by atoms with Crippen LogP contribution in [0, 0.1) is 5.82 Å². The van der Waals surface area contributed by atoms with E-state index in [0.717, 1.165) is 55.2 Å². The topological polar surface area (TPSA) is 62.7 Å². The van der Waals surface area contributed by atoms with Crippen LogP contribution < -0.4 is 4.90 Å². The molecule has 6 rings (SSSR count). The van der Waals surface area contributed by atoms with Crippen LogP contribution in [-0.2, 0) is 13.0 Å². The number of anilines is 1. The number of aromatic nitrogens is 4. The number of benzene rings is 2. The van der Waals surface area contributed by atoms with Crippen LogP contribution in [-0.4, -0.2) is 51.2 Å². The first-order valence-corrected chi connectivity index (χ1v) is 12.8. The molecule has 0 N–H and O–H groups in total. The number of nitrogens with zero attached hydrogens (tertiary/aromatic N) is 6. The summed E-state index contributed by atoms with van der Waals surface area (Å²) in [5.41, 5.74) is 5.40. The highest BCUT2D eigenvalue weighted by Crippen LogP contribution is 2.26. The van der Waals surface area contributed by atoms with Gasteiger partial charge in [-0.25, -0.2) is 14.4 Å². The van der Waals surface area contributed by atoms with E-state index in [1.807, 2.05) is 48.1 Å². The van der Waals surface area contributed by atoms with Gasteiger partial charge < -0.3 is 9.32 Å². The van der Waals surface area contributed by atoms with E-state index < -0.39 is 0 Å². The first-order chi connectivity index (χ1) is 18.6. The fourth-order valence-electron chi connectivity index (χ4n) is 4.85. The van der Waals surface area contributed by atoms with Crippen molar-refractivity contribution in [3.05, 3.63) is 108 Å². The van der Waals surface area contributed by atoms with Gasteiger partial charge in [0.1, 0.15) is 5.82 Å². The van der Waals surface area contributed by atoms with Gasteiger partial charge >= 0.3 is 0 Å². The van der Waals surface area contributed by atoms with Crippen LogP contribution in [0.1, 0.15) is 23.1 Å². The van der Waals surface area contributed by atoms with E-state index in [1.165, 1.54) is 23.3 Å². The van der Waals surface area contributed by atoms with Gasteiger partial charge in [0.05, 0.1) is 6.26 Å². The minimum absolute atomic E-state index is 0.209. The lowest BCUT2D eigenvalue weighted by atomic mass is 9.99. The van der Waals surface area contributed by atoms with Gasteiger partial charge in [-0.3, -0.25) is 4.90 Å². The Labute approximate surface area is 220 Å². The van der Waals surface area contributed by atoms with Crippen LogP contribution >= 0.6 is 0 Å². The molecule has 0 fully saturated rings. The molecule has 1 aliphatic rings. The molecule has 0 aliphatic carbocycles. The van der Waals surface area contributed by atoms with Gasteiger partial charge in [0.15, 0.2) is 11.4 Å². The third-order valence-electron chi connectivity index (χ3n) is 6.98. The highest BCUT2D eigenvalue weighted by atomic mass is 19.1. The van der Waals surface area contributed by atoms with Crippen molar-refractivity contribution in [1.82, 2.24) is 24.5 Å². The van der Waals surface area contributed by atoms with Gasteiger partial charge in [-0.2, -0.15) is 4.52 Å². The lowest BCUT2D eigenvalue weighted by molar-refractivity contribution is 0.294. The molecule has 38 heavy (non-hydrogen) atoms. The number of fused-ring (bicyclic) bond motifs is 1. The second-order valence-electron chi connectivity index (χ2n) is 9.61. The predicted octanol–water partition coefficient (Wildman–Crippen LogP) is 5.49. The summed E-state index contributed by atoms with van der Waals surface area (Å²) in [7, 11) is 2.03. The summed E-state index contributed by atoms with van der Waals surface area (Å²) in [5, 5.41) is 4.79. The largest absolute Gasteiger partial charge is 0.461 e. The van der Waals surface area contributed by atoms with Crippen molar-refractivity contribution in [1.29, 1.82) is 0 Å². The minimum Gasteiger partial charge on any atom is -0.461 e. The number of hydrogen-bond acceptors (Lipinski definition) is 6. The molecule has 2 aromatic carbocycles. The van der Waals surface area contributed by atoms with E-state index in [9.17, 15) is 4.39 Å². The van der Waals surface area contributed by atoms with Gasteiger partial charge in [-0.05, 0) is 53.8 Å². The molecule has 0 spiro atoms. The molecule has 0 radical (unpaired) electrons. The quantitative estimate of drug-likeness (QED) is 0.276. The summed E-state index contributed by atoms with van der Waals surface area (Å²) in [5.74, 6) is 1.70. The predicted molar refractivity (Wildman–Crippen MR) is 146 cm³/mol. The molecule has 0 unspecified atom stereocenters. The Morgan fingerprint density at radius 1 is 1.03 bits per heavy atom. The summed E-state index contributed by atoms with van der Waals surface area (Å²) >= 11 is 0. The Kier molecular flexibility index (Phi) is 6.71. The standard InChI is InChI=1S/C30H29FN6O/c1-35(16-13-22-6-3-2-4-7-22)30-32-20-25(29-33-28(34-37(29)30)27-8-5-19-38-27)21-36-17-14-24(15-18-36)23-9-11-26(31)12-10-23/h2-12,14,19-20H,13,15-18,21H2,1H3. The minimum atomic E-state index is -0.209. The first-order valence-electron chi connectivity index (χ1n) is 12.8. The molecular weight excluding hydrogens is 479 g/mol. The molecule has 0 amide bonds. The molecule has 1 aliphatic heterocycles. The monoisotopic (exact) mass is 508 g/mol. The van der Waals surface area contributed by atoms with Crippen molar-refractivity contribution in [3.63, 3.8) is 0 Å². The van der Waals surface area contributed by atoms with Crippen molar-refractivity contribution in [2.24, 2.45) is 0 Å². The lowest BCUT2D eigenvalue weighted by Crippen LogP contribution is -2.29. The second-order valence-corrected chi connectivity index (χ2v) is 9.61. The lowest BCUT2D eigenvalue weighted by Gasteiger charge is -2.27. The van der Waals surface area contributed by atoms with E-state index in [4.69, 9.17) is 19.5 Å². The molecule has 0 atom stereocenters. The van der Waals surface area contributed by atoms with E-state index in [0.29, 0.717) is 18.1 Å². The Balaban J connectivity index is 1.25. The fourth-order valence-corrected chi connectivity index (χ4v) is 4.85. The highest BCUT2D eigenvalue weighted by Gasteiger charge is 2.20. The zero-order chi connectivity index (χ0) is 25.9. The number of rotatable bonds is 8. The molecule has 7 nitrogen and oxygen atoms in total. The number of furan rings is 1. The number of hydrogen-bond donors (Lipinski definition) is 0. The summed E-state index contributed by atoms with van der Waals surface area (Å²) in [6, 6.07) is 20.9. The summed E-state index contributed by atoms with van der Waals surface area (Å²) in [4.78, 5) is 14.2. The highest BCUT2D eigenvalue weighted by molar-refractivity contribution is 5.66. The van der Waals surface area contributed by atoms with Gasteiger partial charge in [0.2, 0.25) is 11.8 Å². The van der Waals surface area contributed by atoms with Gasteiger partial charge in [-0.1, -0.05) is 48.5 Å². The average molecular weight is 509 g/mol. The molecule has 0 saturated heterocycles.